The minimum absolute atomic E-state index is 0.0438. The molecule has 1 aliphatic heterocycles. The first kappa shape index (κ1) is 14.2. The molecule has 0 aromatic rings. The van der Waals surface area contributed by atoms with Gasteiger partial charge in [0.1, 0.15) is 0 Å². The van der Waals surface area contributed by atoms with Gasteiger partial charge in [-0.25, -0.2) is 4.79 Å². The molecule has 1 saturated carbocycles. The number of carboxylic acid groups (broad SMARTS) is 1. The smallest absolute Gasteiger partial charge is 0.317 e. The van der Waals surface area contributed by atoms with Crippen LogP contribution in [0.25, 0.3) is 0 Å². The molecule has 2 amide bonds. The summed E-state index contributed by atoms with van der Waals surface area (Å²) in [6.45, 7) is 3.71. The average Bonchev–Trinajstić information content (AvgIpc) is 2.76. The van der Waals surface area contributed by atoms with Crippen LogP contribution in [0.15, 0.2) is 0 Å². The average molecular weight is 268 g/mol. The van der Waals surface area contributed by atoms with Crippen LogP contribution in [0.4, 0.5) is 4.79 Å². The summed E-state index contributed by atoms with van der Waals surface area (Å²) in [4.78, 5) is 25.2. The Kier molecular flexibility index (Phi) is 4.32. The van der Waals surface area contributed by atoms with Crippen LogP contribution in [0.2, 0.25) is 0 Å². The van der Waals surface area contributed by atoms with Crippen molar-refractivity contribution < 1.29 is 14.7 Å². The van der Waals surface area contributed by atoms with Gasteiger partial charge in [-0.2, -0.15) is 0 Å². The molecule has 0 radical (unpaired) electrons. The monoisotopic (exact) mass is 268 g/mol. The Balaban J connectivity index is 1.99. The quantitative estimate of drug-likeness (QED) is 0.824. The number of carbonyl (C=O) groups is 2. The zero-order valence-electron chi connectivity index (χ0n) is 11.7. The SMILES string of the molecule is CC1CCN(C(=O)NC2(CC(=O)O)CCCCC2)C1. The van der Waals surface area contributed by atoms with Crippen LogP contribution < -0.4 is 5.32 Å². The number of hydrogen-bond acceptors (Lipinski definition) is 2. The molecule has 2 N–H and O–H groups in total. The first-order valence-electron chi connectivity index (χ1n) is 7.30. The highest BCUT2D eigenvalue weighted by Gasteiger charge is 2.37. The lowest BCUT2D eigenvalue weighted by Gasteiger charge is -2.38. The van der Waals surface area contributed by atoms with Crippen LogP contribution in [-0.4, -0.2) is 40.6 Å². The molecule has 5 heteroatoms. The molecule has 2 aliphatic rings. The number of hydrogen-bond donors (Lipinski definition) is 2. The normalized spacial score (nSPS) is 26.2. The molecule has 1 atom stereocenters. The minimum atomic E-state index is -0.822. The van der Waals surface area contributed by atoms with Gasteiger partial charge in [-0.05, 0) is 25.2 Å². The van der Waals surface area contributed by atoms with Gasteiger partial charge in [-0.1, -0.05) is 26.2 Å². The van der Waals surface area contributed by atoms with Crippen molar-refractivity contribution in [3.05, 3.63) is 0 Å². The third kappa shape index (κ3) is 3.61. The molecule has 0 aromatic heterocycles. The van der Waals surface area contributed by atoms with Gasteiger partial charge in [-0.15, -0.1) is 0 Å². The standard InChI is InChI=1S/C14H24N2O3/c1-11-5-8-16(10-11)13(19)15-14(9-12(17)18)6-3-2-4-7-14/h11H,2-10H2,1H3,(H,15,19)(H,17,18). The maximum Gasteiger partial charge on any atom is 0.317 e. The third-order valence-electron chi connectivity index (χ3n) is 4.38. The Labute approximate surface area is 114 Å². The molecule has 108 valence electrons. The van der Waals surface area contributed by atoms with Gasteiger partial charge in [0.15, 0.2) is 0 Å². The van der Waals surface area contributed by atoms with E-state index in [4.69, 9.17) is 5.11 Å². The van der Waals surface area contributed by atoms with Crippen molar-refractivity contribution in [3.8, 4) is 0 Å². The van der Waals surface area contributed by atoms with E-state index in [-0.39, 0.29) is 12.5 Å². The highest BCUT2D eigenvalue weighted by atomic mass is 16.4. The summed E-state index contributed by atoms with van der Waals surface area (Å²) in [7, 11) is 0. The highest BCUT2D eigenvalue weighted by molar-refractivity contribution is 5.77. The number of carboxylic acids is 1. The van der Waals surface area contributed by atoms with E-state index < -0.39 is 11.5 Å². The molecule has 19 heavy (non-hydrogen) atoms. The topological polar surface area (TPSA) is 69.6 Å². The number of aliphatic carboxylic acids is 1. The second kappa shape index (κ2) is 5.80. The number of amides is 2. The lowest BCUT2D eigenvalue weighted by molar-refractivity contribution is -0.139. The largest absolute Gasteiger partial charge is 0.481 e. The van der Waals surface area contributed by atoms with Crippen LogP contribution in [0.5, 0.6) is 0 Å². The minimum Gasteiger partial charge on any atom is -0.481 e. The van der Waals surface area contributed by atoms with Crippen LogP contribution >= 0.6 is 0 Å². The molecule has 0 spiro atoms. The summed E-state index contributed by atoms with van der Waals surface area (Å²) in [5, 5.41) is 12.1. The highest BCUT2D eigenvalue weighted by Crippen LogP contribution is 2.31. The van der Waals surface area contributed by atoms with E-state index in [1.54, 1.807) is 0 Å². The Morgan fingerprint density at radius 3 is 2.53 bits per heavy atom. The Bertz CT molecular complexity index is 351. The zero-order valence-corrected chi connectivity index (χ0v) is 11.7. The van der Waals surface area contributed by atoms with E-state index >= 15 is 0 Å². The van der Waals surface area contributed by atoms with Crippen LogP contribution in [0, 0.1) is 5.92 Å². The molecule has 1 aliphatic carbocycles. The van der Waals surface area contributed by atoms with Gasteiger partial charge in [-0.3, -0.25) is 4.79 Å². The first-order valence-corrected chi connectivity index (χ1v) is 7.30. The van der Waals surface area contributed by atoms with Crippen molar-refractivity contribution in [1.29, 1.82) is 0 Å². The molecule has 1 saturated heterocycles. The van der Waals surface area contributed by atoms with Crippen molar-refractivity contribution in [3.63, 3.8) is 0 Å². The number of nitrogens with zero attached hydrogens (tertiary/aromatic N) is 1. The summed E-state index contributed by atoms with van der Waals surface area (Å²) in [6.07, 6.45) is 5.80. The summed E-state index contributed by atoms with van der Waals surface area (Å²) in [6, 6.07) is -0.0764. The number of nitrogens with one attached hydrogen (secondary N) is 1. The lowest BCUT2D eigenvalue weighted by Crippen LogP contribution is -2.54. The predicted molar refractivity (Wildman–Crippen MR) is 72.0 cm³/mol. The van der Waals surface area contributed by atoms with Crippen LogP contribution in [0.3, 0.4) is 0 Å². The maximum atomic E-state index is 12.3. The molecule has 5 nitrogen and oxygen atoms in total. The van der Waals surface area contributed by atoms with Gasteiger partial charge in [0, 0.05) is 13.1 Å². The molecular weight excluding hydrogens is 244 g/mol. The van der Waals surface area contributed by atoms with Crippen molar-refractivity contribution in [1.82, 2.24) is 10.2 Å². The molecule has 1 unspecified atom stereocenters. The molecule has 1 heterocycles. The Hall–Kier alpha value is -1.26. The molecular formula is C14H24N2O3. The van der Waals surface area contributed by atoms with Crippen LogP contribution in [-0.2, 0) is 4.79 Å². The number of urea groups is 1. The summed E-state index contributed by atoms with van der Waals surface area (Å²) >= 11 is 0. The van der Waals surface area contributed by atoms with E-state index in [1.807, 2.05) is 4.90 Å². The second-order valence-electron chi connectivity index (χ2n) is 6.18. The molecule has 2 rings (SSSR count). The van der Waals surface area contributed by atoms with Gasteiger partial charge in [0.25, 0.3) is 0 Å². The van der Waals surface area contributed by atoms with Crippen LogP contribution in [0.1, 0.15) is 51.9 Å². The first-order chi connectivity index (χ1) is 9.01. The fourth-order valence-electron chi connectivity index (χ4n) is 3.29. The van der Waals surface area contributed by atoms with Gasteiger partial charge in [0.2, 0.25) is 0 Å². The predicted octanol–water partition coefficient (Wildman–Crippen LogP) is 2.22. The fourth-order valence-corrected chi connectivity index (χ4v) is 3.29. The number of likely N-dealkylation sites (tertiary alicyclic amines) is 1. The fraction of sp³-hybridized carbons (Fsp3) is 0.857. The van der Waals surface area contributed by atoms with E-state index in [9.17, 15) is 9.59 Å². The molecule has 0 bridgehead atoms. The van der Waals surface area contributed by atoms with E-state index in [1.165, 1.54) is 0 Å². The Morgan fingerprint density at radius 1 is 1.32 bits per heavy atom. The van der Waals surface area contributed by atoms with Crippen molar-refractivity contribution in [2.24, 2.45) is 5.92 Å². The lowest BCUT2D eigenvalue weighted by atomic mass is 9.79. The van der Waals surface area contributed by atoms with E-state index in [2.05, 4.69) is 12.2 Å². The van der Waals surface area contributed by atoms with Crippen molar-refractivity contribution in [2.75, 3.05) is 13.1 Å². The van der Waals surface area contributed by atoms with Gasteiger partial charge in [0.05, 0.1) is 12.0 Å². The van der Waals surface area contributed by atoms with E-state index in [0.29, 0.717) is 5.92 Å². The zero-order chi connectivity index (χ0) is 13.9. The summed E-state index contributed by atoms with van der Waals surface area (Å²) in [5.41, 5.74) is -0.521. The van der Waals surface area contributed by atoms with E-state index in [0.717, 1.165) is 51.6 Å². The van der Waals surface area contributed by atoms with Crippen molar-refractivity contribution in [2.45, 2.75) is 57.4 Å². The van der Waals surface area contributed by atoms with Crippen molar-refractivity contribution >= 4 is 12.0 Å². The maximum absolute atomic E-state index is 12.3. The summed E-state index contributed by atoms with van der Waals surface area (Å²) in [5.74, 6) is -0.274. The molecule has 0 aromatic carbocycles. The summed E-state index contributed by atoms with van der Waals surface area (Å²) < 4.78 is 0. The number of rotatable bonds is 3. The number of carbonyl (C=O) groups excluding carboxylic acids is 1. The van der Waals surface area contributed by atoms with Gasteiger partial charge < -0.3 is 15.3 Å². The van der Waals surface area contributed by atoms with Gasteiger partial charge >= 0.3 is 12.0 Å². The second-order valence-corrected chi connectivity index (χ2v) is 6.18. The third-order valence-corrected chi connectivity index (χ3v) is 4.38. The Morgan fingerprint density at radius 2 is 2.00 bits per heavy atom. The molecule has 2 fully saturated rings.